The van der Waals surface area contributed by atoms with Crippen molar-refractivity contribution >= 4 is 5.97 Å². The predicted molar refractivity (Wildman–Crippen MR) is 56.2 cm³/mol. The molecule has 0 radical (unpaired) electrons. The molecule has 1 aliphatic carbocycles. The van der Waals surface area contributed by atoms with Crippen LogP contribution in [0, 0.1) is 11.3 Å². The first-order valence-electron chi connectivity index (χ1n) is 5.24. The highest BCUT2D eigenvalue weighted by Crippen LogP contribution is 2.35. The molecule has 0 bridgehead atoms. The van der Waals surface area contributed by atoms with Crippen molar-refractivity contribution in [3.05, 3.63) is 0 Å². The van der Waals surface area contributed by atoms with E-state index in [0.717, 1.165) is 19.4 Å². The summed E-state index contributed by atoms with van der Waals surface area (Å²) < 4.78 is 0. The van der Waals surface area contributed by atoms with Gasteiger partial charge in [-0.3, -0.25) is 4.79 Å². The lowest BCUT2D eigenvalue weighted by atomic mass is 9.92. The van der Waals surface area contributed by atoms with Gasteiger partial charge in [-0.05, 0) is 31.8 Å². The monoisotopic (exact) mass is 199 g/mol. The van der Waals surface area contributed by atoms with Crippen LogP contribution in [-0.2, 0) is 4.79 Å². The van der Waals surface area contributed by atoms with E-state index < -0.39 is 5.97 Å². The molecular weight excluding hydrogens is 178 g/mol. The van der Waals surface area contributed by atoms with Crippen molar-refractivity contribution in [3.8, 4) is 0 Å². The maximum Gasteiger partial charge on any atom is 0.308 e. The van der Waals surface area contributed by atoms with Crippen LogP contribution in [0.4, 0.5) is 0 Å². The molecule has 0 aliphatic heterocycles. The highest BCUT2D eigenvalue weighted by atomic mass is 16.4. The Bertz CT molecular complexity index is 220. The molecule has 1 saturated carbocycles. The van der Waals surface area contributed by atoms with E-state index in [2.05, 4.69) is 25.7 Å². The van der Waals surface area contributed by atoms with Gasteiger partial charge in [-0.15, -0.1) is 0 Å². The molecule has 14 heavy (non-hydrogen) atoms. The summed E-state index contributed by atoms with van der Waals surface area (Å²) in [6.45, 7) is 7.63. The molecule has 0 aromatic heterocycles. The molecule has 0 heterocycles. The zero-order valence-electron chi connectivity index (χ0n) is 9.58. The largest absolute Gasteiger partial charge is 0.481 e. The van der Waals surface area contributed by atoms with Crippen LogP contribution in [0.3, 0.4) is 0 Å². The van der Waals surface area contributed by atoms with E-state index in [1.165, 1.54) is 0 Å². The molecule has 0 amide bonds. The van der Waals surface area contributed by atoms with E-state index in [9.17, 15) is 4.79 Å². The molecule has 1 fully saturated rings. The first-order chi connectivity index (χ1) is 6.31. The van der Waals surface area contributed by atoms with Gasteiger partial charge in [0.25, 0.3) is 0 Å². The molecule has 0 aromatic rings. The maximum absolute atomic E-state index is 10.7. The molecule has 82 valence electrons. The molecule has 3 nitrogen and oxygen atoms in total. The van der Waals surface area contributed by atoms with E-state index in [4.69, 9.17) is 5.11 Å². The van der Waals surface area contributed by atoms with Crippen LogP contribution < -0.4 is 0 Å². The third-order valence-corrected chi connectivity index (χ3v) is 2.85. The fraction of sp³-hybridized carbons (Fsp3) is 0.909. The average molecular weight is 199 g/mol. The van der Waals surface area contributed by atoms with Gasteiger partial charge in [-0.25, -0.2) is 0 Å². The van der Waals surface area contributed by atoms with Crippen molar-refractivity contribution in [1.29, 1.82) is 0 Å². The quantitative estimate of drug-likeness (QED) is 0.751. The van der Waals surface area contributed by atoms with Crippen molar-refractivity contribution in [2.45, 2.75) is 39.7 Å². The standard InChI is InChI=1S/C11H21NO2/c1-11(2,3)5-6-12(4)9-7-8(9)10(13)14/h8-9H,5-7H2,1-4H3,(H,13,14). The van der Waals surface area contributed by atoms with Crippen LogP contribution in [-0.4, -0.2) is 35.6 Å². The summed E-state index contributed by atoms with van der Waals surface area (Å²) in [5, 5.41) is 8.77. The molecule has 1 rings (SSSR count). The average Bonchev–Trinajstić information content (AvgIpc) is 2.77. The van der Waals surface area contributed by atoms with Crippen LogP contribution >= 0.6 is 0 Å². The van der Waals surface area contributed by atoms with Crippen LogP contribution in [0.2, 0.25) is 0 Å². The van der Waals surface area contributed by atoms with Gasteiger partial charge in [-0.2, -0.15) is 0 Å². The Hall–Kier alpha value is -0.570. The number of hydrogen-bond acceptors (Lipinski definition) is 2. The summed E-state index contributed by atoms with van der Waals surface area (Å²) in [7, 11) is 2.03. The van der Waals surface area contributed by atoms with Crippen LogP contribution in [0.1, 0.15) is 33.6 Å². The zero-order chi connectivity index (χ0) is 10.9. The highest BCUT2D eigenvalue weighted by molar-refractivity contribution is 5.74. The number of rotatable bonds is 4. The second kappa shape index (κ2) is 3.89. The number of hydrogen-bond donors (Lipinski definition) is 1. The molecule has 0 spiro atoms. The molecule has 0 aromatic carbocycles. The van der Waals surface area contributed by atoms with E-state index in [-0.39, 0.29) is 12.0 Å². The summed E-state index contributed by atoms with van der Waals surface area (Å²) in [5.41, 5.74) is 0.335. The fourth-order valence-corrected chi connectivity index (χ4v) is 1.61. The molecular formula is C11H21NO2. The Morgan fingerprint density at radius 3 is 2.43 bits per heavy atom. The van der Waals surface area contributed by atoms with Gasteiger partial charge in [-0.1, -0.05) is 20.8 Å². The number of nitrogens with zero attached hydrogens (tertiary/aromatic N) is 1. The van der Waals surface area contributed by atoms with Gasteiger partial charge >= 0.3 is 5.97 Å². The normalized spacial score (nSPS) is 26.6. The second-order valence-corrected chi connectivity index (χ2v) is 5.54. The lowest BCUT2D eigenvalue weighted by molar-refractivity contribution is -0.138. The van der Waals surface area contributed by atoms with E-state index in [1.54, 1.807) is 0 Å². The van der Waals surface area contributed by atoms with Crippen molar-refractivity contribution in [3.63, 3.8) is 0 Å². The lowest BCUT2D eigenvalue weighted by Crippen LogP contribution is -2.27. The third-order valence-electron chi connectivity index (χ3n) is 2.85. The molecule has 2 atom stereocenters. The first kappa shape index (κ1) is 11.5. The Morgan fingerprint density at radius 1 is 1.50 bits per heavy atom. The SMILES string of the molecule is CN(CCC(C)(C)C)C1CC1C(=O)O. The van der Waals surface area contributed by atoms with Crippen LogP contribution in [0.5, 0.6) is 0 Å². The van der Waals surface area contributed by atoms with Crippen molar-refractivity contribution in [1.82, 2.24) is 4.90 Å². The van der Waals surface area contributed by atoms with Gasteiger partial charge in [0, 0.05) is 6.04 Å². The first-order valence-corrected chi connectivity index (χ1v) is 5.24. The Balaban J connectivity index is 2.25. The molecule has 2 unspecified atom stereocenters. The van der Waals surface area contributed by atoms with E-state index >= 15 is 0 Å². The molecule has 0 saturated heterocycles. The summed E-state index contributed by atoms with van der Waals surface area (Å²) in [4.78, 5) is 12.8. The minimum Gasteiger partial charge on any atom is -0.481 e. The number of aliphatic carboxylic acids is 1. The third kappa shape index (κ3) is 3.29. The maximum atomic E-state index is 10.7. The minimum atomic E-state index is -0.641. The highest BCUT2D eigenvalue weighted by Gasteiger charge is 2.45. The molecule has 1 aliphatic rings. The molecule has 3 heteroatoms. The van der Waals surface area contributed by atoms with Gasteiger partial charge in [0.2, 0.25) is 0 Å². The second-order valence-electron chi connectivity index (χ2n) is 5.54. The van der Waals surface area contributed by atoms with E-state index in [1.807, 2.05) is 7.05 Å². The van der Waals surface area contributed by atoms with Gasteiger partial charge in [0.1, 0.15) is 0 Å². The smallest absolute Gasteiger partial charge is 0.308 e. The summed E-state index contributed by atoms with van der Waals surface area (Å²) in [6, 6.07) is 0.287. The molecule has 1 N–H and O–H groups in total. The summed E-state index contributed by atoms with van der Waals surface area (Å²) in [6.07, 6.45) is 1.95. The Kier molecular flexibility index (Phi) is 3.20. The van der Waals surface area contributed by atoms with Crippen molar-refractivity contribution in [2.75, 3.05) is 13.6 Å². The van der Waals surface area contributed by atoms with Gasteiger partial charge < -0.3 is 10.0 Å². The van der Waals surface area contributed by atoms with Crippen molar-refractivity contribution in [2.24, 2.45) is 11.3 Å². The fourth-order valence-electron chi connectivity index (χ4n) is 1.61. The minimum absolute atomic E-state index is 0.111. The number of carboxylic acids is 1. The lowest BCUT2D eigenvalue weighted by Gasteiger charge is -2.23. The van der Waals surface area contributed by atoms with E-state index in [0.29, 0.717) is 5.41 Å². The Morgan fingerprint density at radius 2 is 2.07 bits per heavy atom. The topological polar surface area (TPSA) is 40.5 Å². The Labute approximate surface area is 86.1 Å². The summed E-state index contributed by atoms with van der Waals surface area (Å²) >= 11 is 0. The summed E-state index contributed by atoms with van der Waals surface area (Å²) in [5.74, 6) is -0.752. The van der Waals surface area contributed by atoms with Crippen molar-refractivity contribution < 1.29 is 9.90 Å². The number of carbonyl (C=O) groups is 1. The van der Waals surface area contributed by atoms with Gasteiger partial charge in [0.15, 0.2) is 0 Å². The zero-order valence-corrected chi connectivity index (χ0v) is 9.58. The van der Waals surface area contributed by atoms with Gasteiger partial charge in [0.05, 0.1) is 5.92 Å². The van der Waals surface area contributed by atoms with Crippen LogP contribution in [0.25, 0.3) is 0 Å². The number of carboxylic acid groups (broad SMARTS) is 1. The van der Waals surface area contributed by atoms with Crippen LogP contribution in [0.15, 0.2) is 0 Å². The predicted octanol–water partition coefficient (Wildman–Crippen LogP) is 1.83.